The Morgan fingerprint density at radius 3 is 2.87 bits per heavy atom. The predicted octanol–water partition coefficient (Wildman–Crippen LogP) is 1.75. The van der Waals surface area contributed by atoms with Crippen LogP contribution in [0.5, 0.6) is 11.5 Å². The largest absolute Gasteiger partial charge is 0.504 e. The summed E-state index contributed by atoms with van der Waals surface area (Å²) in [6.45, 7) is 4.38. The van der Waals surface area contributed by atoms with Crippen LogP contribution >= 0.6 is 0 Å². The molecule has 0 fully saturated rings. The van der Waals surface area contributed by atoms with Crippen molar-refractivity contribution in [1.29, 1.82) is 0 Å². The van der Waals surface area contributed by atoms with E-state index in [2.05, 4.69) is 15.6 Å². The highest BCUT2D eigenvalue weighted by atomic mass is 16.5. The third-order valence-electron chi connectivity index (χ3n) is 3.26. The number of hydrogen-bond acceptors (Lipinski definition) is 5. The summed E-state index contributed by atoms with van der Waals surface area (Å²) >= 11 is 0. The molecule has 0 radical (unpaired) electrons. The Kier molecular flexibility index (Phi) is 5.35. The molecule has 2 N–H and O–H groups in total. The molecule has 23 heavy (non-hydrogen) atoms. The fourth-order valence-electron chi connectivity index (χ4n) is 2.12. The Labute approximate surface area is 134 Å². The lowest BCUT2D eigenvalue weighted by atomic mass is 10.2. The molecule has 0 spiro atoms. The quantitative estimate of drug-likeness (QED) is 0.628. The number of nitrogens with zero attached hydrogens (tertiary/aromatic N) is 3. The Balaban J connectivity index is 1.85. The molecule has 0 bridgehead atoms. The number of carbonyl (C=O) groups is 1. The molecule has 0 saturated heterocycles. The Morgan fingerprint density at radius 2 is 2.22 bits per heavy atom. The first-order chi connectivity index (χ1) is 11.0. The summed E-state index contributed by atoms with van der Waals surface area (Å²) in [6, 6.07) is 6.77. The van der Waals surface area contributed by atoms with Gasteiger partial charge in [-0.15, -0.1) is 0 Å². The van der Waals surface area contributed by atoms with Gasteiger partial charge in [0.05, 0.1) is 25.6 Å². The second-order valence-corrected chi connectivity index (χ2v) is 5.12. The van der Waals surface area contributed by atoms with Crippen molar-refractivity contribution in [2.45, 2.75) is 26.8 Å². The van der Waals surface area contributed by atoms with E-state index < -0.39 is 0 Å². The summed E-state index contributed by atoms with van der Waals surface area (Å²) < 4.78 is 6.80. The number of benzene rings is 1. The number of aromatic nitrogens is 2. The van der Waals surface area contributed by atoms with E-state index in [-0.39, 0.29) is 18.1 Å². The van der Waals surface area contributed by atoms with E-state index in [1.807, 2.05) is 19.9 Å². The van der Waals surface area contributed by atoms with Gasteiger partial charge in [0, 0.05) is 12.1 Å². The van der Waals surface area contributed by atoms with Crippen molar-refractivity contribution in [1.82, 2.24) is 15.2 Å². The standard InChI is InChI=1S/C16H20N4O3/c1-11-8-12(2)20(19-11)7-6-16(22)18-17-10-13-4-5-14(21)15(9-13)23-3/h4-5,8-10,21H,6-7H2,1-3H3,(H,18,22). The third kappa shape index (κ3) is 4.57. The Hall–Kier alpha value is -2.83. The summed E-state index contributed by atoms with van der Waals surface area (Å²) in [5.41, 5.74) is 5.13. The molecule has 1 aromatic carbocycles. The molecular weight excluding hydrogens is 296 g/mol. The molecular formula is C16H20N4O3. The van der Waals surface area contributed by atoms with E-state index in [1.54, 1.807) is 16.8 Å². The third-order valence-corrected chi connectivity index (χ3v) is 3.26. The zero-order valence-corrected chi connectivity index (χ0v) is 13.4. The molecule has 2 rings (SSSR count). The predicted molar refractivity (Wildman–Crippen MR) is 86.7 cm³/mol. The number of rotatable bonds is 6. The second-order valence-electron chi connectivity index (χ2n) is 5.12. The van der Waals surface area contributed by atoms with Gasteiger partial charge in [-0.25, -0.2) is 5.43 Å². The van der Waals surface area contributed by atoms with Crippen molar-refractivity contribution in [3.63, 3.8) is 0 Å². The average Bonchev–Trinajstić information content (AvgIpc) is 2.84. The Morgan fingerprint density at radius 1 is 1.43 bits per heavy atom. The van der Waals surface area contributed by atoms with E-state index in [9.17, 15) is 9.90 Å². The van der Waals surface area contributed by atoms with Crippen LogP contribution in [0.1, 0.15) is 23.4 Å². The van der Waals surface area contributed by atoms with Crippen molar-refractivity contribution in [3.05, 3.63) is 41.2 Å². The van der Waals surface area contributed by atoms with Gasteiger partial charge in [-0.05, 0) is 43.7 Å². The summed E-state index contributed by atoms with van der Waals surface area (Å²) in [7, 11) is 1.47. The molecule has 0 saturated carbocycles. The SMILES string of the molecule is COc1cc(C=NNC(=O)CCn2nc(C)cc2C)ccc1O. The molecule has 1 aromatic heterocycles. The van der Waals surface area contributed by atoms with Crippen molar-refractivity contribution in [3.8, 4) is 11.5 Å². The molecule has 0 atom stereocenters. The van der Waals surface area contributed by atoms with Gasteiger partial charge in [0.25, 0.3) is 0 Å². The zero-order chi connectivity index (χ0) is 16.8. The number of aromatic hydroxyl groups is 1. The van der Waals surface area contributed by atoms with Gasteiger partial charge in [-0.1, -0.05) is 0 Å². The lowest BCUT2D eigenvalue weighted by Gasteiger charge is -2.04. The van der Waals surface area contributed by atoms with Gasteiger partial charge >= 0.3 is 0 Å². The molecule has 1 heterocycles. The van der Waals surface area contributed by atoms with Crippen LogP contribution in [0.15, 0.2) is 29.4 Å². The Bertz CT molecular complexity index is 722. The van der Waals surface area contributed by atoms with Gasteiger partial charge < -0.3 is 9.84 Å². The van der Waals surface area contributed by atoms with Crippen LogP contribution in [-0.4, -0.2) is 34.1 Å². The topological polar surface area (TPSA) is 88.7 Å². The van der Waals surface area contributed by atoms with Crippen molar-refractivity contribution in [2.24, 2.45) is 5.10 Å². The highest BCUT2D eigenvalue weighted by Gasteiger charge is 2.05. The first-order valence-corrected chi connectivity index (χ1v) is 7.19. The molecule has 0 aliphatic carbocycles. The van der Waals surface area contributed by atoms with Crippen LogP contribution < -0.4 is 10.2 Å². The van der Waals surface area contributed by atoms with Gasteiger partial charge in [0.1, 0.15) is 0 Å². The first kappa shape index (κ1) is 16.5. The number of hydrazone groups is 1. The molecule has 0 aliphatic rings. The smallest absolute Gasteiger partial charge is 0.241 e. The van der Waals surface area contributed by atoms with Crippen LogP contribution in [0, 0.1) is 13.8 Å². The molecule has 1 amide bonds. The van der Waals surface area contributed by atoms with Gasteiger partial charge in [-0.3, -0.25) is 9.48 Å². The van der Waals surface area contributed by atoms with Crippen LogP contribution in [0.25, 0.3) is 0 Å². The fourth-order valence-corrected chi connectivity index (χ4v) is 2.12. The summed E-state index contributed by atoms with van der Waals surface area (Å²) in [4.78, 5) is 11.8. The van der Waals surface area contributed by atoms with Gasteiger partial charge in [0.2, 0.25) is 5.91 Å². The van der Waals surface area contributed by atoms with Crippen LogP contribution in [0.3, 0.4) is 0 Å². The molecule has 0 unspecified atom stereocenters. The van der Waals surface area contributed by atoms with E-state index in [4.69, 9.17) is 4.74 Å². The van der Waals surface area contributed by atoms with Crippen LogP contribution in [-0.2, 0) is 11.3 Å². The maximum Gasteiger partial charge on any atom is 0.241 e. The molecule has 122 valence electrons. The second kappa shape index (κ2) is 7.44. The normalized spacial score (nSPS) is 10.9. The monoisotopic (exact) mass is 316 g/mol. The number of phenolic OH excluding ortho intramolecular Hbond substituents is 1. The first-order valence-electron chi connectivity index (χ1n) is 7.19. The number of aryl methyl sites for hydroxylation is 3. The number of ether oxygens (including phenoxy) is 1. The summed E-state index contributed by atoms with van der Waals surface area (Å²) in [5, 5.41) is 17.7. The minimum absolute atomic E-state index is 0.0542. The van der Waals surface area contributed by atoms with Gasteiger partial charge in [-0.2, -0.15) is 10.2 Å². The number of hydrogen-bond donors (Lipinski definition) is 2. The maximum absolute atomic E-state index is 11.8. The lowest BCUT2D eigenvalue weighted by molar-refractivity contribution is -0.121. The van der Waals surface area contributed by atoms with Gasteiger partial charge in [0.15, 0.2) is 11.5 Å². The number of phenols is 1. The maximum atomic E-state index is 11.8. The summed E-state index contributed by atoms with van der Waals surface area (Å²) in [5.74, 6) is 0.211. The van der Waals surface area contributed by atoms with E-state index >= 15 is 0 Å². The van der Waals surface area contributed by atoms with E-state index in [0.717, 1.165) is 11.4 Å². The molecule has 7 heteroatoms. The number of methoxy groups -OCH3 is 1. The minimum atomic E-state index is -0.195. The molecule has 7 nitrogen and oxygen atoms in total. The van der Waals surface area contributed by atoms with Crippen molar-refractivity contribution in [2.75, 3.05) is 7.11 Å². The van der Waals surface area contributed by atoms with Crippen molar-refractivity contribution < 1.29 is 14.6 Å². The highest BCUT2D eigenvalue weighted by Crippen LogP contribution is 2.25. The minimum Gasteiger partial charge on any atom is -0.504 e. The van der Waals surface area contributed by atoms with Crippen molar-refractivity contribution >= 4 is 12.1 Å². The fraction of sp³-hybridized carbons (Fsp3) is 0.312. The number of nitrogens with one attached hydrogen (secondary N) is 1. The van der Waals surface area contributed by atoms with E-state index in [1.165, 1.54) is 19.4 Å². The lowest BCUT2D eigenvalue weighted by Crippen LogP contribution is -2.20. The summed E-state index contributed by atoms with van der Waals surface area (Å²) in [6.07, 6.45) is 1.78. The van der Waals surface area contributed by atoms with Crippen LogP contribution in [0.4, 0.5) is 0 Å². The number of amides is 1. The van der Waals surface area contributed by atoms with Crippen LogP contribution in [0.2, 0.25) is 0 Å². The van der Waals surface area contributed by atoms with E-state index in [0.29, 0.717) is 17.9 Å². The average molecular weight is 316 g/mol. The molecule has 2 aromatic rings. The zero-order valence-electron chi connectivity index (χ0n) is 13.4. The molecule has 0 aliphatic heterocycles. The number of carbonyl (C=O) groups excluding carboxylic acids is 1. The highest BCUT2D eigenvalue weighted by molar-refractivity contribution is 5.83.